The van der Waals surface area contributed by atoms with Gasteiger partial charge in [0.2, 0.25) is 5.91 Å². The third-order valence-corrected chi connectivity index (χ3v) is 6.00. The molecular weight excluding hydrogens is 421 g/mol. The first-order chi connectivity index (χ1) is 15.9. The molecule has 7 nitrogen and oxygen atoms in total. The van der Waals surface area contributed by atoms with Crippen molar-refractivity contribution in [3.8, 4) is 0 Å². The Hall–Kier alpha value is -3.68. The molecule has 1 aliphatic rings. The molecule has 0 aliphatic carbocycles. The number of rotatable bonds is 6. The van der Waals surface area contributed by atoms with E-state index in [1.165, 1.54) is 24.3 Å². The number of hydrogen-bond donors (Lipinski definition) is 1. The van der Waals surface area contributed by atoms with Crippen molar-refractivity contribution in [2.24, 2.45) is 5.92 Å². The molecule has 33 heavy (non-hydrogen) atoms. The number of amides is 2. The van der Waals surface area contributed by atoms with Crippen molar-refractivity contribution in [2.45, 2.75) is 19.4 Å². The van der Waals surface area contributed by atoms with Crippen molar-refractivity contribution < 1.29 is 14.0 Å². The van der Waals surface area contributed by atoms with Gasteiger partial charge in [0.1, 0.15) is 11.6 Å². The van der Waals surface area contributed by atoms with E-state index in [0.717, 1.165) is 11.3 Å². The molecule has 3 aromatic rings. The summed E-state index contributed by atoms with van der Waals surface area (Å²) in [6.07, 6.45) is 2.84. The third kappa shape index (κ3) is 5.39. The van der Waals surface area contributed by atoms with Crippen molar-refractivity contribution >= 4 is 23.3 Å². The molecule has 2 aromatic carbocycles. The molecular formula is C25H28FN5O2. The molecule has 172 valence electrons. The Morgan fingerprint density at radius 3 is 2.33 bits per heavy atom. The van der Waals surface area contributed by atoms with E-state index in [1.807, 2.05) is 19.0 Å². The number of anilines is 2. The van der Waals surface area contributed by atoms with Gasteiger partial charge in [0.05, 0.1) is 12.7 Å². The molecule has 0 saturated carbocycles. The normalized spacial score (nSPS) is 14.2. The lowest BCUT2D eigenvalue weighted by Gasteiger charge is -2.31. The van der Waals surface area contributed by atoms with Crippen LogP contribution in [0.25, 0.3) is 0 Å². The van der Waals surface area contributed by atoms with E-state index in [1.54, 1.807) is 21.8 Å². The van der Waals surface area contributed by atoms with Gasteiger partial charge < -0.3 is 15.1 Å². The number of aromatic nitrogens is 2. The Bertz CT molecular complexity index is 1100. The summed E-state index contributed by atoms with van der Waals surface area (Å²) in [5, 5.41) is 7.35. The SMILES string of the molecule is CN(C)c1ccc(Cn2nccc2NC(=O)C2CCN(C(=O)c3ccc(F)cc3)CC2)cc1. The maximum atomic E-state index is 13.1. The second kappa shape index (κ2) is 9.85. The van der Waals surface area contributed by atoms with Gasteiger partial charge in [-0.05, 0) is 54.8 Å². The fourth-order valence-electron chi connectivity index (χ4n) is 3.99. The van der Waals surface area contributed by atoms with Crippen LogP contribution in [0, 0.1) is 11.7 Å². The molecule has 8 heteroatoms. The van der Waals surface area contributed by atoms with E-state index >= 15 is 0 Å². The minimum absolute atomic E-state index is 0.0615. The van der Waals surface area contributed by atoms with Crippen molar-refractivity contribution in [3.63, 3.8) is 0 Å². The summed E-state index contributed by atoms with van der Waals surface area (Å²) < 4.78 is 14.9. The molecule has 0 bridgehead atoms. The van der Waals surface area contributed by atoms with Crippen molar-refractivity contribution in [1.82, 2.24) is 14.7 Å². The quantitative estimate of drug-likeness (QED) is 0.624. The molecule has 1 saturated heterocycles. The van der Waals surface area contributed by atoms with Gasteiger partial charge in [0.15, 0.2) is 0 Å². The van der Waals surface area contributed by atoms with E-state index in [9.17, 15) is 14.0 Å². The number of likely N-dealkylation sites (tertiary alicyclic amines) is 1. The van der Waals surface area contributed by atoms with Crippen LogP contribution in [0.3, 0.4) is 0 Å². The minimum atomic E-state index is -0.369. The molecule has 0 spiro atoms. The second-order valence-electron chi connectivity index (χ2n) is 8.50. The Morgan fingerprint density at radius 2 is 1.70 bits per heavy atom. The van der Waals surface area contributed by atoms with Crippen molar-refractivity contribution in [3.05, 3.63) is 77.7 Å². The van der Waals surface area contributed by atoms with Gasteiger partial charge in [-0.1, -0.05) is 12.1 Å². The Kier molecular flexibility index (Phi) is 6.72. The van der Waals surface area contributed by atoms with Gasteiger partial charge in [-0.3, -0.25) is 9.59 Å². The van der Waals surface area contributed by atoms with Crippen LogP contribution in [-0.2, 0) is 11.3 Å². The maximum Gasteiger partial charge on any atom is 0.253 e. The molecule has 0 atom stereocenters. The number of carbonyl (C=O) groups excluding carboxylic acids is 2. The van der Waals surface area contributed by atoms with Crippen LogP contribution in [0.5, 0.6) is 0 Å². The maximum absolute atomic E-state index is 13.1. The van der Waals surface area contributed by atoms with Crippen LogP contribution in [0.15, 0.2) is 60.8 Å². The fourth-order valence-corrected chi connectivity index (χ4v) is 3.99. The number of piperidine rings is 1. The standard InChI is InChI=1S/C25H28FN5O2/c1-29(2)22-9-3-18(4-10-22)17-31-23(11-14-27-31)28-24(32)19-12-15-30(16-13-19)25(33)20-5-7-21(26)8-6-20/h3-11,14,19H,12-13,15-17H2,1-2H3,(H,28,32). The molecule has 2 heterocycles. The molecule has 0 unspecified atom stereocenters. The largest absolute Gasteiger partial charge is 0.378 e. The molecule has 1 aliphatic heterocycles. The van der Waals surface area contributed by atoms with Gasteiger partial charge >= 0.3 is 0 Å². The van der Waals surface area contributed by atoms with Gasteiger partial charge in [0, 0.05) is 50.4 Å². The van der Waals surface area contributed by atoms with Gasteiger partial charge in [-0.25, -0.2) is 9.07 Å². The zero-order valence-electron chi connectivity index (χ0n) is 18.9. The minimum Gasteiger partial charge on any atom is -0.378 e. The van der Waals surface area contributed by atoms with Gasteiger partial charge in [0.25, 0.3) is 5.91 Å². The average Bonchev–Trinajstić information content (AvgIpc) is 3.26. The van der Waals surface area contributed by atoms with Crippen LogP contribution < -0.4 is 10.2 Å². The Labute approximate surface area is 192 Å². The zero-order chi connectivity index (χ0) is 23.4. The molecule has 1 fully saturated rings. The monoisotopic (exact) mass is 449 g/mol. The van der Waals surface area contributed by atoms with Crippen LogP contribution in [0.1, 0.15) is 28.8 Å². The van der Waals surface area contributed by atoms with Crippen molar-refractivity contribution in [2.75, 3.05) is 37.4 Å². The average molecular weight is 450 g/mol. The van der Waals surface area contributed by atoms with E-state index < -0.39 is 0 Å². The summed E-state index contributed by atoms with van der Waals surface area (Å²) >= 11 is 0. The lowest BCUT2D eigenvalue weighted by molar-refractivity contribution is -0.121. The Balaban J connectivity index is 1.32. The summed E-state index contributed by atoms with van der Waals surface area (Å²) in [6, 6.07) is 15.6. The molecule has 0 radical (unpaired) electrons. The first-order valence-electron chi connectivity index (χ1n) is 11.0. The van der Waals surface area contributed by atoms with E-state index in [-0.39, 0.29) is 23.5 Å². The fraction of sp³-hybridized carbons (Fsp3) is 0.320. The predicted molar refractivity (Wildman–Crippen MR) is 126 cm³/mol. The summed E-state index contributed by atoms with van der Waals surface area (Å²) in [6.45, 7) is 1.54. The highest BCUT2D eigenvalue weighted by atomic mass is 19.1. The highest BCUT2D eigenvalue weighted by Gasteiger charge is 2.28. The number of benzene rings is 2. The number of hydrogen-bond acceptors (Lipinski definition) is 4. The summed E-state index contributed by atoms with van der Waals surface area (Å²) in [7, 11) is 4.00. The molecule has 1 aromatic heterocycles. The van der Waals surface area contributed by atoms with Crippen LogP contribution in [-0.4, -0.2) is 53.7 Å². The van der Waals surface area contributed by atoms with E-state index in [0.29, 0.717) is 43.9 Å². The summed E-state index contributed by atoms with van der Waals surface area (Å²) in [5.74, 6) is -0.0842. The zero-order valence-corrected chi connectivity index (χ0v) is 18.9. The number of nitrogens with one attached hydrogen (secondary N) is 1. The highest BCUT2D eigenvalue weighted by molar-refractivity contribution is 5.95. The number of carbonyl (C=O) groups is 2. The van der Waals surface area contributed by atoms with Crippen LogP contribution in [0.2, 0.25) is 0 Å². The van der Waals surface area contributed by atoms with Crippen LogP contribution >= 0.6 is 0 Å². The van der Waals surface area contributed by atoms with Crippen LogP contribution in [0.4, 0.5) is 15.9 Å². The number of halogens is 1. The Morgan fingerprint density at radius 1 is 1.03 bits per heavy atom. The van der Waals surface area contributed by atoms with Gasteiger partial charge in [-0.2, -0.15) is 5.10 Å². The molecule has 4 rings (SSSR count). The smallest absolute Gasteiger partial charge is 0.253 e. The molecule has 2 amide bonds. The topological polar surface area (TPSA) is 70.5 Å². The second-order valence-corrected chi connectivity index (χ2v) is 8.50. The van der Waals surface area contributed by atoms with E-state index in [2.05, 4.69) is 34.7 Å². The lowest BCUT2D eigenvalue weighted by Crippen LogP contribution is -2.41. The summed E-state index contributed by atoms with van der Waals surface area (Å²) in [4.78, 5) is 29.2. The highest BCUT2D eigenvalue weighted by Crippen LogP contribution is 2.22. The molecule has 1 N–H and O–H groups in total. The third-order valence-electron chi connectivity index (χ3n) is 6.00. The van der Waals surface area contributed by atoms with E-state index in [4.69, 9.17) is 0 Å². The first kappa shape index (κ1) is 22.5. The van der Waals surface area contributed by atoms with Crippen molar-refractivity contribution in [1.29, 1.82) is 0 Å². The first-order valence-corrected chi connectivity index (χ1v) is 11.0. The van der Waals surface area contributed by atoms with Gasteiger partial charge in [-0.15, -0.1) is 0 Å². The lowest BCUT2D eigenvalue weighted by atomic mass is 9.95. The summed E-state index contributed by atoms with van der Waals surface area (Å²) in [5.41, 5.74) is 2.67. The predicted octanol–water partition coefficient (Wildman–Crippen LogP) is 3.63. The number of nitrogens with zero attached hydrogens (tertiary/aromatic N) is 4.